The monoisotopic (exact) mass is 181 g/mol. The van der Waals surface area contributed by atoms with Gasteiger partial charge >= 0.3 is 0 Å². The van der Waals surface area contributed by atoms with Crippen molar-refractivity contribution in [1.82, 2.24) is 0 Å². The van der Waals surface area contributed by atoms with E-state index in [4.69, 9.17) is 10.5 Å². The lowest BCUT2D eigenvalue weighted by Gasteiger charge is -2.11. The van der Waals surface area contributed by atoms with Crippen LogP contribution in [0.5, 0.6) is 11.5 Å². The standard InChI is InChI=1S/C10H15NO2/c1-3-13-9-6-4-5-8(7(2)11)10(9)12/h4-7,12H,3,11H2,1-2H3. The Labute approximate surface area is 78.1 Å². The zero-order valence-corrected chi connectivity index (χ0v) is 7.95. The number of benzene rings is 1. The number of hydrogen-bond donors (Lipinski definition) is 2. The zero-order chi connectivity index (χ0) is 9.84. The average Bonchev–Trinajstić information content (AvgIpc) is 2.08. The van der Waals surface area contributed by atoms with Gasteiger partial charge in [-0.05, 0) is 19.9 Å². The van der Waals surface area contributed by atoms with E-state index in [1.807, 2.05) is 19.9 Å². The van der Waals surface area contributed by atoms with Gasteiger partial charge in [-0.15, -0.1) is 0 Å². The number of aromatic hydroxyl groups is 1. The summed E-state index contributed by atoms with van der Waals surface area (Å²) in [6, 6.07) is 5.16. The van der Waals surface area contributed by atoms with Gasteiger partial charge in [0, 0.05) is 11.6 Å². The highest BCUT2D eigenvalue weighted by molar-refractivity contribution is 5.46. The molecule has 1 rings (SSSR count). The number of phenols is 1. The Balaban J connectivity index is 3.03. The summed E-state index contributed by atoms with van der Waals surface area (Å²) < 4.78 is 5.22. The first-order valence-corrected chi connectivity index (χ1v) is 4.37. The minimum Gasteiger partial charge on any atom is -0.504 e. The first-order chi connectivity index (χ1) is 6.16. The van der Waals surface area contributed by atoms with Crippen LogP contribution in [0, 0.1) is 0 Å². The molecule has 0 radical (unpaired) electrons. The molecule has 1 aromatic rings. The van der Waals surface area contributed by atoms with Crippen LogP contribution in [0.2, 0.25) is 0 Å². The molecular weight excluding hydrogens is 166 g/mol. The Morgan fingerprint density at radius 2 is 2.23 bits per heavy atom. The minimum atomic E-state index is -0.180. The van der Waals surface area contributed by atoms with Gasteiger partial charge in [0.2, 0.25) is 0 Å². The van der Waals surface area contributed by atoms with E-state index in [-0.39, 0.29) is 11.8 Å². The summed E-state index contributed by atoms with van der Waals surface area (Å²) in [5, 5.41) is 9.69. The lowest BCUT2D eigenvalue weighted by molar-refractivity contribution is 0.316. The second-order valence-electron chi connectivity index (χ2n) is 2.92. The molecule has 0 heterocycles. The molecule has 0 bridgehead atoms. The molecule has 0 spiro atoms. The van der Waals surface area contributed by atoms with E-state index in [1.54, 1.807) is 12.1 Å². The smallest absolute Gasteiger partial charge is 0.162 e. The van der Waals surface area contributed by atoms with Crippen LogP contribution in [0.3, 0.4) is 0 Å². The van der Waals surface area contributed by atoms with E-state index in [0.29, 0.717) is 17.9 Å². The molecule has 0 saturated heterocycles. The topological polar surface area (TPSA) is 55.5 Å². The lowest BCUT2D eigenvalue weighted by atomic mass is 10.1. The summed E-state index contributed by atoms with van der Waals surface area (Å²) in [4.78, 5) is 0. The average molecular weight is 181 g/mol. The van der Waals surface area contributed by atoms with Crippen LogP contribution in [0.4, 0.5) is 0 Å². The van der Waals surface area contributed by atoms with E-state index in [9.17, 15) is 5.11 Å². The molecule has 3 heteroatoms. The summed E-state index contributed by atoms with van der Waals surface area (Å²) in [6.07, 6.45) is 0. The molecule has 72 valence electrons. The van der Waals surface area contributed by atoms with Gasteiger partial charge in [-0.3, -0.25) is 0 Å². The molecule has 0 aliphatic rings. The van der Waals surface area contributed by atoms with Crippen LogP contribution in [0.25, 0.3) is 0 Å². The van der Waals surface area contributed by atoms with E-state index >= 15 is 0 Å². The fraction of sp³-hybridized carbons (Fsp3) is 0.400. The van der Waals surface area contributed by atoms with Crippen molar-refractivity contribution in [1.29, 1.82) is 0 Å². The van der Waals surface area contributed by atoms with Gasteiger partial charge in [-0.1, -0.05) is 12.1 Å². The Kier molecular flexibility index (Phi) is 3.14. The first-order valence-electron chi connectivity index (χ1n) is 4.37. The molecule has 13 heavy (non-hydrogen) atoms. The van der Waals surface area contributed by atoms with E-state index in [1.165, 1.54) is 0 Å². The summed E-state index contributed by atoms with van der Waals surface area (Å²) in [6.45, 7) is 4.23. The van der Waals surface area contributed by atoms with Crippen molar-refractivity contribution >= 4 is 0 Å². The van der Waals surface area contributed by atoms with Crippen molar-refractivity contribution in [2.24, 2.45) is 5.73 Å². The lowest BCUT2D eigenvalue weighted by Crippen LogP contribution is -2.05. The molecule has 0 aliphatic carbocycles. The van der Waals surface area contributed by atoms with Crippen molar-refractivity contribution in [2.45, 2.75) is 19.9 Å². The number of para-hydroxylation sites is 1. The third kappa shape index (κ3) is 2.12. The van der Waals surface area contributed by atoms with Crippen molar-refractivity contribution in [2.75, 3.05) is 6.61 Å². The predicted molar refractivity (Wildman–Crippen MR) is 51.9 cm³/mol. The normalized spacial score (nSPS) is 12.5. The molecule has 1 atom stereocenters. The quantitative estimate of drug-likeness (QED) is 0.747. The Morgan fingerprint density at radius 3 is 2.77 bits per heavy atom. The molecule has 0 amide bonds. The molecule has 1 unspecified atom stereocenters. The largest absolute Gasteiger partial charge is 0.504 e. The molecular formula is C10H15NO2. The predicted octanol–water partition coefficient (Wildman–Crippen LogP) is 1.81. The Bertz CT molecular complexity index is 284. The Morgan fingerprint density at radius 1 is 1.54 bits per heavy atom. The fourth-order valence-electron chi connectivity index (χ4n) is 1.18. The van der Waals surface area contributed by atoms with Crippen LogP contribution >= 0.6 is 0 Å². The van der Waals surface area contributed by atoms with Crippen LogP contribution in [0.1, 0.15) is 25.5 Å². The molecule has 1 aromatic carbocycles. The van der Waals surface area contributed by atoms with Crippen molar-refractivity contribution in [3.63, 3.8) is 0 Å². The van der Waals surface area contributed by atoms with E-state index < -0.39 is 0 Å². The van der Waals surface area contributed by atoms with E-state index in [2.05, 4.69) is 0 Å². The van der Waals surface area contributed by atoms with E-state index in [0.717, 1.165) is 0 Å². The van der Waals surface area contributed by atoms with Gasteiger partial charge in [0.05, 0.1) is 6.61 Å². The van der Waals surface area contributed by atoms with Crippen LogP contribution in [-0.4, -0.2) is 11.7 Å². The second kappa shape index (κ2) is 4.14. The summed E-state index contributed by atoms with van der Waals surface area (Å²) >= 11 is 0. The van der Waals surface area contributed by atoms with Crippen molar-refractivity contribution in [3.8, 4) is 11.5 Å². The molecule has 0 fully saturated rings. The third-order valence-corrected chi connectivity index (χ3v) is 1.82. The van der Waals surface area contributed by atoms with Gasteiger partial charge in [0.25, 0.3) is 0 Å². The molecule has 0 aromatic heterocycles. The van der Waals surface area contributed by atoms with Gasteiger partial charge in [-0.2, -0.15) is 0 Å². The molecule has 3 nitrogen and oxygen atoms in total. The van der Waals surface area contributed by atoms with Crippen LogP contribution < -0.4 is 10.5 Å². The number of nitrogens with two attached hydrogens (primary N) is 1. The first kappa shape index (κ1) is 9.86. The molecule has 0 saturated carbocycles. The zero-order valence-electron chi connectivity index (χ0n) is 7.95. The SMILES string of the molecule is CCOc1cccc(C(C)N)c1O. The van der Waals surface area contributed by atoms with Crippen LogP contribution in [0.15, 0.2) is 18.2 Å². The maximum atomic E-state index is 9.69. The second-order valence-corrected chi connectivity index (χ2v) is 2.92. The van der Waals surface area contributed by atoms with Gasteiger partial charge in [0.15, 0.2) is 11.5 Å². The number of hydrogen-bond acceptors (Lipinski definition) is 3. The summed E-state index contributed by atoms with van der Waals surface area (Å²) in [5.41, 5.74) is 6.38. The van der Waals surface area contributed by atoms with Gasteiger partial charge in [0.1, 0.15) is 0 Å². The van der Waals surface area contributed by atoms with Crippen molar-refractivity contribution < 1.29 is 9.84 Å². The van der Waals surface area contributed by atoms with Crippen molar-refractivity contribution in [3.05, 3.63) is 23.8 Å². The molecule has 3 N–H and O–H groups in total. The summed E-state index contributed by atoms with van der Waals surface area (Å²) in [7, 11) is 0. The fourth-order valence-corrected chi connectivity index (χ4v) is 1.18. The maximum Gasteiger partial charge on any atom is 0.162 e. The molecule has 0 aliphatic heterocycles. The maximum absolute atomic E-state index is 9.69. The highest BCUT2D eigenvalue weighted by atomic mass is 16.5. The van der Waals surface area contributed by atoms with Crippen LogP contribution in [-0.2, 0) is 0 Å². The minimum absolute atomic E-state index is 0.152. The Hall–Kier alpha value is -1.22. The van der Waals surface area contributed by atoms with Gasteiger partial charge in [-0.25, -0.2) is 0 Å². The van der Waals surface area contributed by atoms with Gasteiger partial charge < -0.3 is 15.6 Å². The number of rotatable bonds is 3. The number of phenolic OH excluding ortho intramolecular Hbond substituents is 1. The third-order valence-electron chi connectivity index (χ3n) is 1.82. The summed E-state index contributed by atoms with van der Waals surface area (Å²) in [5.74, 6) is 0.650. The number of ether oxygens (including phenoxy) is 1. The highest BCUT2D eigenvalue weighted by Gasteiger charge is 2.10. The highest BCUT2D eigenvalue weighted by Crippen LogP contribution is 2.32.